The second-order valence-electron chi connectivity index (χ2n) is 4.63. The Morgan fingerprint density at radius 3 is 2.80 bits per heavy atom. The SMILES string of the molecule is CC(NCCc1cnc[nH]1)c1cccc(C(F)(F)F)c1. The molecule has 0 saturated carbocycles. The molecule has 2 N–H and O–H groups in total. The maximum atomic E-state index is 12.6. The largest absolute Gasteiger partial charge is 0.416 e. The fraction of sp³-hybridized carbons (Fsp3) is 0.357. The van der Waals surface area contributed by atoms with Crippen LogP contribution < -0.4 is 5.32 Å². The molecule has 0 spiro atoms. The summed E-state index contributed by atoms with van der Waals surface area (Å²) in [6, 6.07) is 5.27. The Bertz CT molecular complexity index is 535. The van der Waals surface area contributed by atoms with Crippen LogP contribution >= 0.6 is 0 Å². The standard InChI is InChI=1S/C14H16F3N3/c1-10(19-6-5-13-8-18-9-20-13)11-3-2-4-12(7-11)14(15,16)17/h2-4,7-10,19H,5-6H2,1H3,(H,18,20). The molecule has 0 radical (unpaired) electrons. The highest BCUT2D eigenvalue weighted by molar-refractivity contribution is 5.27. The summed E-state index contributed by atoms with van der Waals surface area (Å²) in [6.07, 6.45) is -0.211. The molecule has 1 aromatic carbocycles. The van der Waals surface area contributed by atoms with Crippen LogP contribution in [0.4, 0.5) is 13.2 Å². The van der Waals surface area contributed by atoms with Crippen LogP contribution in [0, 0.1) is 0 Å². The van der Waals surface area contributed by atoms with Gasteiger partial charge in [0.05, 0.1) is 11.9 Å². The van der Waals surface area contributed by atoms with Gasteiger partial charge in [-0.1, -0.05) is 12.1 Å². The molecule has 0 aliphatic heterocycles. The molecule has 0 amide bonds. The average Bonchev–Trinajstić information content (AvgIpc) is 2.91. The normalized spacial score (nSPS) is 13.4. The summed E-state index contributed by atoms with van der Waals surface area (Å²) in [5, 5.41) is 3.20. The number of hydrogen-bond donors (Lipinski definition) is 2. The van der Waals surface area contributed by atoms with Gasteiger partial charge < -0.3 is 10.3 Å². The highest BCUT2D eigenvalue weighted by Crippen LogP contribution is 2.30. The highest BCUT2D eigenvalue weighted by atomic mass is 19.4. The lowest BCUT2D eigenvalue weighted by atomic mass is 10.0. The van der Waals surface area contributed by atoms with Gasteiger partial charge in [0.25, 0.3) is 0 Å². The van der Waals surface area contributed by atoms with E-state index >= 15 is 0 Å². The molecular weight excluding hydrogens is 267 g/mol. The first-order valence-corrected chi connectivity index (χ1v) is 6.34. The van der Waals surface area contributed by atoms with E-state index in [2.05, 4.69) is 15.3 Å². The van der Waals surface area contributed by atoms with Crippen molar-refractivity contribution in [1.29, 1.82) is 0 Å². The molecule has 6 heteroatoms. The average molecular weight is 283 g/mol. The molecule has 3 nitrogen and oxygen atoms in total. The maximum absolute atomic E-state index is 12.6. The zero-order chi connectivity index (χ0) is 14.6. The minimum absolute atomic E-state index is 0.139. The third kappa shape index (κ3) is 3.84. The van der Waals surface area contributed by atoms with Crippen LogP contribution in [0.15, 0.2) is 36.8 Å². The van der Waals surface area contributed by atoms with Crippen molar-refractivity contribution in [2.24, 2.45) is 0 Å². The first-order chi connectivity index (χ1) is 9.47. The zero-order valence-electron chi connectivity index (χ0n) is 11.0. The van der Waals surface area contributed by atoms with Crippen LogP contribution in [-0.4, -0.2) is 16.5 Å². The van der Waals surface area contributed by atoms with Gasteiger partial charge in [0.15, 0.2) is 0 Å². The van der Waals surface area contributed by atoms with E-state index in [1.807, 2.05) is 6.92 Å². The maximum Gasteiger partial charge on any atom is 0.416 e. The minimum Gasteiger partial charge on any atom is -0.348 e. The number of hydrogen-bond acceptors (Lipinski definition) is 2. The van der Waals surface area contributed by atoms with Crippen LogP contribution in [0.3, 0.4) is 0 Å². The van der Waals surface area contributed by atoms with Crippen LogP contribution in [0.25, 0.3) is 0 Å². The number of nitrogens with one attached hydrogen (secondary N) is 2. The quantitative estimate of drug-likeness (QED) is 0.883. The van der Waals surface area contributed by atoms with Crippen molar-refractivity contribution in [2.45, 2.75) is 25.6 Å². The Labute approximate surface area is 115 Å². The zero-order valence-corrected chi connectivity index (χ0v) is 11.0. The third-order valence-corrected chi connectivity index (χ3v) is 3.11. The second-order valence-corrected chi connectivity index (χ2v) is 4.63. The van der Waals surface area contributed by atoms with Crippen molar-refractivity contribution >= 4 is 0 Å². The summed E-state index contributed by atoms with van der Waals surface area (Å²) < 4.78 is 37.9. The van der Waals surface area contributed by atoms with Crippen LogP contribution in [0.1, 0.15) is 29.8 Å². The predicted molar refractivity (Wildman–Crippen MR) is 70.2 cm³/mol. The van der Waals surface area contributed by atoms with Crippen molar-refractivity contribution in [3.05, 3.63) is 53.6 Å². The van der Waals surface area contributed by atoms with Crippen molar-refractivity contribution in [3.8, 4) is 0 Å². The Kier molecular flexibility index (Phi) is 4.44. The first kappa shape index (κ1) is 14.6. The molecule has 108 valence electrons. The van der Waals surface area contributed by atoms with E-state index in [1.54, 1.807) is 18.6 Å². The molecule has 2 rings (SSSR count). The van der Waals surface area contributed by atoms with Crippen LogP contribution in [0.2, 0.25) is 0 Å². The van der Waals surface area contributed by atoms with E-state index in [0.29, 0.717) is 12.1 Å². The number of aromatic amines is 1. The van der Waals surface area contributed by atoms with E-state index in [4.69, 9.17) is 0 Å². The number of imidazole rings is 1. The molecule has 2 aromatic rings. The van der Waals surface area contributed by atoms with Gasteiger partial charge in [0.1, 0.15) is 0 Å². The van der Waals surface area contributed by atoms with Crippen molar-refractivity contribution < 1.29 is 13.2 Å². The first-order valence-electron chi connectivity index (χ1n) is 6.34. The topological polar surface area (TPSA) is 40.7 Å². The number of benzene rings is 1. The van der Waals surface area contributed by atoms with Gasteiger partial charge in [-0.05, 0) is 24.6 Å². The molecule has 1 heterocycles. The number of alkyl halides is 3. The van der Waals surface area contributed by atoms with E-state index < -0.39 is 11.7 Å². The van der Waals surface area contributed by atoms with E-state index in [0.717, 1.165) is 18.2 Å². The summed E-state index contributed by atoms with van der Waals surface area (Å²) in [4.78, 5) is 6.89. The Balaban J connectivity index is 1.93. The number of halogens is 3. The lowest BCUT2D eigenvalue weighted by Gasteiger charge is -2.16. The molecule has 0 aliphatic rings. The Hall–Kier alpha value is -1.82. The molecule has 0 saturated heterocycles. The van der Waals surface area contributed by atoms with E-state index in [1.165, 1.54) is 12.1 Å². The fourth-order valence-electron chi connectivity index (χ4n) is 1.95. The second kappa shape index (κ2) is 6.09. The van der Waals surface area contributed by atoms with Crippen molar-refractivity contribution in [2.75, 3.05) is 6.54 Å². The van der Waals surface area contributed by atoms with Gasteiger partial charge in [0, 0.05) is 30.9 Å². The molecule has 0 fully saturated rings. The lowest BCUT2D eigenvalue weighted by Crippen LogP contribution is -2.22. The van der Waals surface area contributed by atoms with Crippen LogP contribution in [0.5, 0.6) is 0 Å². The highest BCUT2D eigenvalue weighted by Gasteiger charge is 2.30. The number of nitrogens with zero attached hydrogens (tertiary/aromatic N) is 1. The number of H-pyrrole nitrogens is 1. The smallest absolute Gasteiger partial charge is 0.348 e. The Morgan fingerprint density at radius 1 is 1.35 bits per heavy atom. The van der Waals surface area contributed by atoms with Crippen molar-refractivity contribution in [3.63, 3.8) is 0 Å². The lowest BCUT2D eigenvalue weighted by molar-refractivity contribution is -0.137. The predicted octanol–water partition coefficient (Wildman–Crippen LogP) is 3.32. The van der Waals surface area contributed by atoms with Crippen LogP contribution in [-0.2, 0) is 12.6 Å². The summed E-state index contributed by atoms with van der Waals surface area (Å²) >= 11 is 0. The summed E-state index contributed by atoms with van der Waals surface area (Å²) in [6.45, 7) is 2.52. The third-order valence-electron chi connectivity index (χ3n) is 3.11. The molecule has 1 unspecified atom stereocenters. The molecule has 0 aliphatic carbocycles. The molecule has 1 aromatic heterocycles. The Morgan fingerprint density at radius 2 is 2.15 bits per heavy atom. The summed E-state index contributed by atoms with van der Waals surface area (Å²) in [7, 11) is 0. The van der Waals surface area contributed by atoms with Gasteiger partial charge in [-0.3, -0.25) is 0 Å². The molecule has 0 bridgehead atoms. The number of aromatic nitrogens is 2. The van der Waals surface area contributed by atoms with E-state index in [-0.39, 0.29) is 6.04 Å². The monoisotopic (exact) mass is 283 g/mol. The van der Waals surface area contributed by atoms with E-state index in [9.17, 15) is 13.2 Å². The van der Waals surface area contributed by atoms with Gasteiger partial charge in [-0.15, -0.1) is 0 Å². The summed E-state index contributed by atoms with van der Waals surface area (Å²) in [5.41, 5.74) is 1.01. The molecule has 1 atom stereocenters. The van der Waals surface area contributed by atoms with Crippen molar-refractivity contribution in [1.82, 2.24) is 15.3 Å². The van der Waals surface area contributed by atoms with Gasteiger partial charge in [-0.25, -0.2) is 4.98 Å². The molecular formula is C14H16F3N3. The van der Waals surface area contributed by atoms with Gasteiger partial charge >= 0.3 is 6.18 Å². The fourth-order valence-corrected chi connectivity index (χ4v) is 1.95. The number of rotatable bonds is 5. The van der Waals surface area contributed by atoms with Gasteiger partial charge in [0.2, 0.25) is 0 Å². The van der Waals surface area contributed by atoms with Gasteiger partial charge in [-0.2, -0.15) is 13.2 Å². The summed E-state index contributed by atoms with van der Waals surface area (Å²) in [5.74, 6) is 0. The molecule has 20 heavy (non-hydrogen) atoms. The minimum atomic E-state index is -4.30.